The molecule has 3 aromatic rings. The first-order valence-electron chi connectivity index (χ1n) is 8.42. The molecule has 0 saturated carbocycles. The monoisotopic (exact) mass is 437 g/mol. The van der Waals surface area contributed by atoms with Gasteiger partial charge in [0.05, 0.1) is 11.4 Å². The number of benzene rings is 2. The molecule has 0 aliphatic rings. The highest BCUT2D eigenvalue weighted by molar-refractivity contribution is 7.87. The van der Waals surface area contributed by atoms with Gasteiger partial charge in [0.2, 0.25) is 5.88 Å². The maximum atomic E-state index is 11.9. The van der Waals surface area contributed by atoms with Gasteiger partial charge < -0.3 is 8.92 Å². The van der Waals surface area contributed by atoms with E-state index < -0.39 is 10.1 Å². The minimum Gasteiger partial charge on any atom is -0.473 e. The largest absolute Gasteiger partial charge is 0.473 e. The van der Waals surface area contributed by atoms with Gasteiger partial charge in [-0.2, -0.15) is 8.42 Å². The van der Waals surface area contributed by atoms with Crippen LogP contribution in [0.5, 0.6) is 11.6 Å². The van der Waals surface area contributed by atoms with E-state index in [0.717, 1.165) is 5.56 Å². The lowest BCUT2D eigenvalue weighted by molar-refractivity contribution is 0.293. The second-order valence-electron chi connectivity index (χ2n) is 5.89. The highest BCUT2D eigenvalue weighted by atomic mass is 35.5. The molecule has 3 rings (SSSR count). The van der Waals surface area contributed by atoms with Gasteiger partial charge in [-0.3, -0.25) is 0 Å². The SMILES string of the molecule is CCS(=O)(=O)Oc1cc(OCc2ccccc2)nc(-c2cc(Cl)cc(Cl)c2)c1. The fraction of sp³-hybridized carbons (Fsp3) is 0.150. The van der Waals surface area contributed by atoms with Crippen LogP contribution in [0.1, 0.15) is 12.5 Å². The van der Waals surface area contributed by atoms with E-state index in [1.165, 1.54) is 19.1 Å². The van der Waals surface area contributed by atoms with Crippen LogP contribution in [0, 0.1) is 0 Å². The Kier molecular flexibility index (Phi) is 6.44. The summed E-state index contributed by atoms with van der Waals surface area (Å²) in [6.45, 7) is 1.77. The van der Waals surface area contributed by atoms with Crippen molar-refractivity contribution >= 4 is 33.3 Å². The quantitative estimate of drug-likeness (QED) is 0.465. The third-order valence-electron chi connectivity index (χ3n) is 3.74. The normalized spacial score (nSPS) is 11.2. The summed E-state index contributed by atoms with van der Waals surface area (Å²) in [6, 6.07) is 17.4. The van der Waals surface area contributed by atoms with Crippen molar-refractivity contribution in [3.8, 4) is 22.9 Å². The molecule has 2 aromatic carbocycles. The molecule has 1 heterocycles. The van der Waals surface area contributed by atoms with Crippen LogP contribution >= 0.6 is 23.2 Å². The van der Waals surface area contributed by atoms with Gasteiger partial charge in [0.25, 0.3) is 0 Å². The van der Waals surface area contributed by atoms with Gasteiger partial charge in [-0.25, -0.2) is 4.98 Å². The third kappa shape index (κ3) is 5.61. The van der Waals surface area contributed by atoms with Crippen molar-refractivity contribution in [2.45, 2.75) is 13.5 Å². The summed E-state index contributed by atoms with van der Waals surface area (Å²) in [5.41, 5.74) is 1.99. The molecule has 146 valence electrons. The Morgan fingerprint density at radius 1 is 0.964 bits per heavy atom. The van der Waals surface area contributed by atoms with Gasteiger partial charge in [-0.1, -0.05) is 53.5 Å². The standard InChI is InChI=1S/C20H17Cl2NO4S/c1-2-28(24,25)27-18-11-19(15-8-16(21)10-17(22)9-15)23-20(12-18)26-13-14-6-4-3-5-7-14/h3-12H,2,13H2,1H3. The summed E-state index contributed by atoms with van der Waals surface area (Å²) in [4.78, 5) is 4.44. The van der Waals surface area contributed by atoms with Crippen LogP contribution in [0.15, 0.2) is 60.7 Å². The van der Waals surface area contributed by atoms with Crippen LogP contribution in [0.25, 0.3) is 11.3 Å². The molecule has 0 aliphatic heterocycles. The summed E-state index contributed by atoms with van der Waals surface area (Å²) in [6.07, 6.45) is 0. The Bertz CT molecular complexity index is 1050. The summed E-state index contributed by atoms with van der Waals surface area (Å²) in [5.74, 6) is 0.165. The van der Waals surface area contributed by atoms with Crippen LogP contribution in [-0.4, -0.2) is 19.2 Å². The van der Waals surface area contributed by atoms with E-state index in [0.29, 0.717) is 21.3 Å². The van der Waals surface area contributed by atoms with Crippen molar-refractivity contribution in [2.75, 3.05) is 5.75 Å². The van der Waals surface area contributed by atoms with E-state index in [9.17, 15) is 8.42 Å². The topological polar surface area (TPSA) is 65.5 Å². The Balaban J connectivity index is 1.98. The molecule has 0 amide bonds. The zero-order chi connectivity index (χ0) is 20.1. The molecule has 0 atom stereocenters. The zero-order valence-electron chi connectivity index (χ0n) is 14.9. The number of hydrogen-bond acceptors (Lipinski definition) is 5. The fourth-order valence-corrected chi connectivity index (χ4v) is 3.42. The third-order valence-corrected chi connectivity index (χ3v) is 5.33. The first-order chi connectivity index (χ1) is 13.3. The predicted octanol–water partition coefficient (Wildman–Crippen LogP) is 5.36. The number of hydrogen-bond donors (Lipinski definition) is 0. The molecule has 0 fully saturated rings. The molecular formula is C20H17Cl2NO4S. The maximum absolute atomic E-state index is 11.9. The van der Waals surface area contributed by atoms with Crippen LogP contribution in [0.4, 0.5) is 0 Å². The number of pyridine rings is 1. The molecule has 0 N–H and O–H groups in total. The minimum atomic E-state index is -3.71. The molecule has 8 heteroatoms. The van der Waals surface area contributed by atoms with Gasteiger partial charge in [-0.15, -0.1) is 0 Å². The lowest BCUT2D eigenvalue weighted by Crippen LogP contribution is -2.11. The Hall–Kier alpha value is -2.28. The Morgan fingerprint density at radius 3 is 2.29 bits per heavy atom. The minimum absolute atomic E-state index is 0.103. The molecule has 0 unspecified atom stereocenters. The first kappa shape index (κ1) is 20.5. The highest BCUT2D eigenvalue weighted by Gasteiger charge is 2.14. The van der Waals surface area contributed by atoms with Crippen LogP contribution < -0.4 is 8.92 Å². The van der Waals surface area contributed by atoms with E-state index in [2.05, 4.69) is 4.98 Å². The van der Waals surface area contributed by atoms with Crippen molar-refractivity contribution in [1.82, 2.24) is 4.98 Å². The smallest absolute Gasteiger partial charge is 0.308 e. The molecule has 28 heavy (non-hydrogen) atoms. The first-order valence-corrected chi connectivity index (χ1v) is 10.8. The van der Waals surface area contributed by atoms with Gasteiger partial charge >= 0.3 is 10.1 Å². The average molecular weight is 438 g/mol. The summed E-state index contributed by atoms with van der Waals surface area (Å²) < 4.78 is 34.7. The number of aromatic nitrogens is 1. The van der Waals surface area contributed by atoms with Crippen molar-refractivity contribution in [1.29, 1.82) is 0 Å². The van der Waals surface area contributed by atoms with Gasteiger partial charge in [0.15, 0.2) is 0 Å². The number of halogens is 2. The van der Waals surface area contributed by atoms with Crippen LogP contribution in [0.2, 0.25) is 10.0 Å². The molecule has 5 nitrogen and oxygen atoms in total. The van der Waals surface area contributed by atoms with Crippen LogP contribution in [0.3, 0.4) is 0 Å². The lowest BCUT2D eigenvalue weighted by Gasteiger charge is -2.12. The maximum Gasteiger partial charge on any atom is 0.308 e. The summed E-state index contributed by atoms with van der Waals surface area (Å²) in [5, 5.41) is 0.868. The van der Waals surface area contributed by atoms with E-state index in [-0.39, 0.29) is 24.0 Å². The fourth-order valence-electron chi connectivity index (χ4n) is 2.39. The van der Waals surface area contributed by atoms with Crippen molar-refractivity contribution in [3.05, 3.63) is 76.3 Å². The second-order valence-corrected chi connectivity index (χ2v) is 8.62. The second kappa shape index (κ2) is 8.82. The van der Waals surface area contributed by atoms with Gasteiger partial charge in [0, 0.05) is 27.7 Å². The predicted molar refractivity (Wildman–Crippen MR) is 111 cm³/mol. The Morgan fingerprint density at radius 2 is 1.64 bits per heavy atom. The van der Waals surface area contributed by atoms with E-state index in [1.54, 1.807) is 18.2 Å². The van der Waals surface area contributed by atoms with Crippen molar-refractivity contribution in [2.24, 2.45) is 0 Å². The molecule has 0 bridgehead atoms. The van der Waals surface area contributed by atoms with Gasteiger partial charge in [0.1, 0.15) is 12.4 Å². The average Bonchev–Trinajstić information content (AvgIpc) is 2.66. The molecule has 0 radical (unpaired) electrons. The molecule has 1 aromatic heterocycles. The molecular weight excluding hydrogens is 421 g/mol. The number of rotatable bonds is 7. The molecule has 0 spiro atoms. The Labute approximate surface area is 174 Å². The number of ether oxygens (including phenoxy) is 1. The van der Waals surface area contributed by atoms with Gasteiger partial charge in [-0.05, 0) is 30.7 Å². The highest BCUT2D eigenvalue weighted by Crippen LogP contribution is 2.31. The molecule has 0 saturated heterocycles. The van der Waals surface area contributed by atoms with Crippen molar-refractivity contribution in [3.63, 3.8) is 0 Å². The lowest BCUT2D eigenvalue weighted by atomic mass is 10.1. The summed E-state index contributed by atoms with van der Waals surface area (Å²) in [7, 11) is -3.71. The van der Waals surface area contributed by atoms with E-state index in [4.69, 9.17) is 32.1 Å². The summed E-state index contributed by atoms with van der Waals surface area (Å²) >= 11 is 12.2. The molecule has 0 aliphatic carbocycles. The van der Waals surface area contributed by atoms with Crippen LogP contribution in [-0.2, 0) is 16.7 Å². The van der Waals surface area contributed by atoms with E-state index >= 15 is 0 Å². The van der Waals surface area contributed by atoms with Crippen molar-refractivity contribution < 1.29 is 17.3 Å². The number of nitrogens with zero attached hydrogens (tertiary/aromatic N) is 1. The zero-order valence-corrected chi connectivity index (χ0v) is 17.3. The van der Waals surface area contributed by atoms with E-state index in [1.807, 2.05) is 30.3 Å².